The van der Waals surface area contributed by atoms with Crippen molar-refractivity contribution in [2.75, 3.05) is 13.7 Å². The highest BCUT2D eigenvalue weighted by Gasteiger charge is 2.37. The van der Waals surface area contributed by atoms with Gasteiger partial charge in [-0.2, -0.15) is 0 Å². The van der Waals surface area contributed by atoms with Crippen LogP contribution in [0.1, 0.15) is 59.0 Å². The van der Waals surface area contributed by atoms with Gasteiger partial charge in [-0.1, -0.05) is 67.6 Å². The number of amides is 1. The quantitative estimate of drug-likeness (QED) is 0.432. The first-order chi connectivity index (χ1) is 16.6. The Labute approximate surface area is 200 Å². The summed E-state index contributed by atoms with van der Waals surface area (Å²) < 4.78 is 10.9. The van der Waals surface area contributed by atoms with E-state index < -0.39 is 0 Å². The standard InChI is InChI=1S/C28H30N2O4/c1-3-17-30-27(23-11-7-8-12-24(23)28(30)32)29-25(18-26(31)33-2)21-13-15-22(16-14-21)34-19-20-9-5-4-6-10-20/h4-16,25,27,29H,3,17-19H2,1-2H3. The van der Waals surface area contributed by atoms with Crippen LogP contribution in [-0.4, -0.2) is 30.4 Å². The molecule has 6 nitrogen and oxygen atoms in total. The highest BCUT2D eigenvalue weighted by atomic mass is 16.5. The Morgan fingerprint density at radius 1 is 1.00 bits per heavy atom. The van der Waals surface area contributed by atoms with Crippen LogP contribution >= 0.6 is 0 Å². The summed E-state index contributed by atoms with van der Waals surface area (Å²) in [6, 6.07) is 25.0. The molecule has 0 spiro atoms. The van der Waals surface area contributed by atoms with Gasteiger partial charge in [0.1, 0.15) is 18.5 Å². The fourth-order valence-corrected chi connectivity index (χ4v) is 4.27. The SMILES string of the molecule is CCCN1C(=O)c2ccccc2C1NC(CC(=O)OC)c1ccc(OCc2ccccc2)cc1. The summed E-state index contributed by atoms with van der Waals surface area (Å²) in [5, 5.41) is 3.56. The highest BCUT2D eigenvalue weighted by Crippen LogP contribution is 2.34. The summed E-state index contributed by atoms with van der Waals surface area (Å²) in [6.45, 7) is 3.16. The van der Waals surface area contributed by atoms with E-state index in [1.165, 1.54) is 7.11 Å². The Morgan fingerprint density at radius 2 is 1.71 bits per heavy atom. The van der Waals surface area contributed by atoms with Crippen molar-refractivity contribution in [3.05, 3.63) is 101 Å². The molecular weight excluding hydrogens is 428 g/mol. The molecule has 1 aliphatic heterocycles. The Balaban J connectivity index is 1.54. The van der Waals surface area contributed by atoms with Crippen molar-refractivity contribution in [1.82, 2.24) is 10.2 Å². The molecule has 2 unspecified atom stereocenters. The molecule has 3 aromatic carbocycles. The summed E-state index contributed by atoms with van der Waals surface area (Å²) in [5.41, 5.74) is 3.65. The first-order valence-electron chi connectivity index (χ1n) is 11.6. The van der Waals surface area contributed by atoms with Crippen molar-refractivity contribution in [3.8, 4) is 5.75 Å². The summed E-state index contributed by atoms with van der Waals surface area (Å²) in [7, 11) is 1.39. The molecule has 1 N–H and O–H groups in total. The average molecular weight is 459 g/mol. The number of nitrogens with zero attached hydrogens (tertiary/aromatic N) is 1. The lowest BCUT2D eigenvalue weighted by molar-refractivity contribution is -0.141. The van der Waals surface area contributed by atoms with Crippen LogP contribution in [0.25, 0.3) is 0 Å². The zero-order valence-corrected chi connectivity index (χ0v) is 19.6. The molecule has 0 aliphatic carbocycles. The van der Waals surface area contributed by atoms with E-state index in [0.717, 1.165) is 28.9 Å². The van der Waals surface area contributed by atoms with Crippen LogP contribution in [-0.2, 0) is 16.1 Å². The van der Waals surface area contributed by atoms with Crippen molar-refractivity contribution in [2.24, 2.45) is 0 Å². The van der Waals surface area contributed by atoms with Gasteiger partial charge in [-0.15, -0.1) is 0 Å². The van der Waals surface area contributed by atoms with Crippen molar-refractivity contribution >= 4 is 11.9 Å². The molecule has 6 heteroatoms. The molecule has 0 radical (unpaired) electrons. The van der Waals surface area contributed by atoms with Crippen LogP contribution < -0.4 is 10.1 Å². The average Bonchev–Trinajstić information content (AvgIpc) is 3.14. The lowest BCUT2D eigenvalue weighted by Gasteiger charge is -2.30. The van der Waals surface area contributed by atoms with E-state index in [0.29, 0.717) is 18.7 Å². The first kappa shape index (κ1) is 23.5. The highest BCUT2D eigenvalue weighted by molar-refractivity contribution is 5.99. The zero-order chi connectivity index (χ0) is 23.9. The Kier molecular flexibility index (Phi) is 7.60. The lowest BCUT2D eigenvalue weighted by Crippen LogP contribution is -2.39. The number of carbonyl (C=O) groups excluding carboxylic acids is 2. The summed E-state index contributed by atoms with van der Waals surface area (Å²) in [5.74, 6) is 0.441. The maximum atomic E-state index is 13.0. The van der Waals surface area contributed by atoms with Gasteiger partial charge in [0.25, 0.3) is 5.91 Å². The van der Waals surface area contributed by atoms with Crippen molar-refractivity contribution in [3.63, 3.8) is 0 Å². The maximum absolute atomic E-state index is 13.0. The number of methoxy groups -OCH3 is 1. The normalized spacial score (nSPS) is 15.6. The monoisotopic (exact) mass is 458 g/mol. The molecule has 0 bridgehead atoms. The fraction of sp³-hybridized carbons (Fsp3) is 0.286. The zero-order valence-electron chi connectivity index (χ0n) is 19.6. The number of carbonyl (C=O) groups is 2. The summed E-state index contributed by atoms with van der Waals surface area (Å²) in [4.78, 5) is 27.1. The van der Waals surface area contributed by atoms with Gasteiger partial charge in [0.05, 0.1) is 13.5 Å². The van der Waals surface area contributed by atoms with Gasteiger partial charge in [0, 0.05) is 23.7 Å². The summed E-state index contributed by atoms with van der Waals surface area (Å²) in [6.07, 6.45) is 0.674. The molecule has 1 heterocycles. The van der Waals surface area contributed by atoms with E-state index in [9.17, 15) is 9.59 Å². The minimum atomic E-state index is -0.334. The molecule has 0 saturated heterocycles. The van der Waals surface area contributed by atoms with Crippen LogP contribution in [0.15, 0.2) is 78.9 Å². The van der Waals surface area contributed by atoms with Crippen LogP contribution in [0.2, 0.25) is 0 Å². The number of benzene rings is 3. The number of hydrogen-bond donors (Lipinski definition) is 1. The number of hydrogen-bond acceptors (Lipinski definition) is 5. The molecule has 34 heavy (non-hydrogen) atoms. The Morgan fingerprint density at radius 3 is 2.41 bits per heavy atom. The Bertz CT molecular complexity index is 1110. The predicted molar refractivity (Wildman–Crippen MR) is 130 cm³/mol. The van der Waals surface area contributed by atoms with E-state index in [2.05, 4.69) is 5.32 Å². The van der Waals surface area contributed by atoms with Crippen molar-refractivity contribution in [2.45, 2.75) is 38.6 Å². The van der Waals surface area contributed by atoms with Crippen molar-refractivity contribution < 1.29 is 19.1 Å². The largest absolute Gasteiger partial charge is 0.489 e. The molecule has 176 valence electrons. The van der Waals surface area contributed by atoms with Gasteiger partial charge in [-0.3, -0.25) is 14.9 Å². The molecule has 1 amide bonds. The van der Waals surface area contributed by atoms with Crippen LogP contribution in [0.3, 0.4) is 0 Å². The second kappa shape index (κ2) is 11.0. The minimum Gasteiger partial charge on any atom is -0.489 e. The Hall–Kier alpha value is -3.64. The summed E-state index contributed by atoms with van der Waals surface area (Å²) >= 11 is 0. The molecule has 1 aliphatic rings. The molecular formula is C28H30N2O4. The van der Waals surface area contributed by atoms with Crippen LogP contribution in [0.5, 0.6) is 5.75 Å². The third-order valence-electron chi connectivity index (χ3n) is 6.01. The van der Waals surface area contributed by atoms with E-state index in [4.69, 9.17) is 9.47 Å². The van der Waals surface area contributed by atoms with Crippen molar-refractivity contribution in [1.29, 1.82) is 0 Å². The van der Waals surface area contributed by atoms with Gasteiger partial charge in [0.2, 0.25) is 0 Å². The molecule has 4 rings (SSSR count). The van der Waals surface area contributed by atoms with E-state index in [1.807, 2.05) is 90.7 Å². The van der Waals surface area contributed by atoms with Gasteiger partial charge in [-0.25, -0.2) is 0 Å². The molecule has 0 saturated carbocycles. The molecule has 0 fully saturated rings. The molecule has 2 atom stereocenters. The first-order valence-corrected chi connectivity index (χ1v) is 11.6. The third kappa shape index (κ3) is 5.29. The minimum absolute atomic E-state index is 0.0106. The molecule has 3 aromatic rings. The second-order valence-electron chi connectivity index (χ2n) is 8.33. The topological polar surface area (TPSA) is 67.9 Å². The number of ether oxygens (including phenoxy) is 2. The predicted octanol–water partition coefficient (Wildman–Crippen LogP) is 5.02. The number of esters is 1. The van der Waals surface area contributed by atoms with Crippen LogP contribution in [0, 0.1) is 0 Å². The van der Waals surface area contributed by atoms with E-state index >= 15 is 0 Å². The van der Waals surface area contributed by atoms with Gasteiger partial charge in [0.15, 0.2) is 0 Å². The lowest BCUT2D eigenvalue weighted by atomic mass is 10.0. The fourth-order valence-electron chi connectivity index (χ4n) is 4.27. The number of fused-ring (bicyclic) bond motifs is 1. The van der Waals surface area contributed by atoms with Gasteiger partial charge >= 0.3 is 5.97 Å². The van der Waals surface area contributed by atoms with Gasteiger partial charge in [-0.05, 0) is 35.7 Å². The second-order valence-corrected chi connectivity index (χ2v) is 8.33. The van der Waals surface area contributed by atoms with Crippen LogP contribution in [0.4, 0.5) is 0 Å². The number of nitrogens with one attached hydrogen (secondary N) is 1. The van der Waals surface area contributed by atoms with E-state index in [-0.39, 0.29) is 30.5 Å². The smallest absolute Gasteiger partial charge is 0.307 e. The number of rotatable bonds is 10. The maximum Gasteiger partial charge on any atom is 0.307 e. The van der Waals surface area contributed by atoms with E-state index in [1.54, 1.807) is 0 Å². The molecule has 0 aromatic heterocycles. The third-order valence-corrected chi connectivity index (χ3v) is 6.01. The van der Waals surface area contributed by atoms with Gasteiger partial charge < -0.3 is 14.4 Å².